The van der Waals surface area contributed by atoms with E-state index in [9.17, 15) is 9.59 Å². The van der Waals surface area contributed by atoms with E-state index in [1.165, 1.54) is 4.90 Å². The molecule has 12 heteroatoms. The second kappa shape index (κ2) is 11.2. The molecule has 0 spiro atoms. The van der Waals surface area contributed by atoms with Gasteiger partial charge in [-0.3, -0.25) is 19.1 Å². The second-order valence-corrected chi connectivity index (χ2v) is 11.3. The molecule has 0 radical (unpaired) electrons. The third kappa shape index (κ3) is 6.01. The number of aryl methyl sites for hydroxylation is 1. The number of nitrogens with zero attached hydrogens (tertiary/aromatic N) is 7. The van der Waals surface area contributed by atoms with Gasteiger partial charge in [0.15, 0.2) is 11.4 Å². The molecular formula is C29H36N8O4. The molecule has 0 unspecified atom stereocenters. The lowest BCUT2D eigenvalue weighted by Crippen LogP contribution is -2.34. The van der Waals surface area contributed by atoms with Crippen molar-refractivity contribution >= 4 is 28.7 Å². The minimum atomic E-state index is -0.623. The van der Waals surface area contributed by atoms with Gasteiger partial charge in [0.25, 0.3) is 5.91 Å². The van der Waals surface area contributed by atoms with Crippen LogP contribution < -0.4 is 15.0 Å². The van der Waals surface area contributed by atoms with Crippen molar-refractivity contribution in [1.29, 1.82) is 0 Å². The first-order chi connectivity index (χ1) is 19.5. The lowest BCUT2D eigenvalue weighted by atomic mass is 9.93. The number of amides is 2. The Morgan fingerprint density at radius 3 is 2.54 bits per heavy atom. The SMILES string of the molecule is CNC(=O)c1ncccc1O[C@H]1CC[C@@H](n2nc(-c3cnn(C)c3)c3cnc(N(C)C(=O)OC(C)(C)C)cc32)CC1. The Morgan fingerprint density at radius 1 is 1.12 bits per heavy atom. The zero-order valence-corrected chi connectivity index (χ0v) is 24.3. The molecule has 4 heterocycles. The number of carbonyl (C=O) groups is 2. The highest BCUT2D eigenvalue weighted by atomic mass is 16.6. The molecule has 1 fully saturated rings. The monoisotopic (exact) mass is 560 g/mol. The van der Waals surface area contributed by atoms with Crippen LogP contribution in [0.2, 0.25) is 0 Å². The summed E-state index contributed by atoms with van der Waals surface area (Å²) in [6.07, 6.45) is 9.74. The molecule has 0 saturated heterocycles. The number of pyridine rings is 2. The number of rotatable bonds is 6. The van der Waals surface area contributed by atoms with Crippen LogP contribution in [0.3, 0.4) is 0 Å². The van der Waals surface area contributed by atoms with E-state index in [2.05, 4.69) is 20.4 Å². The van der Waals surface area contributed by atoms with E-state index in [-0.39, 0.29) is 23.7 Å². The zero-order chi connectivity index (χ0) is 29.3. The van der Waals surface area contributed by atoms with Crippen LogP contribution in [0.5, 0.6) is 5.75 Å². The Morgan fingerprint density at radius 2 is 1.88 bits per heavy atom. The van der Waals surface area contributed by atoms with Gasteiger partial charge in [-0.05, 0) is 58.6 Å². The van der Waals surface area contributed by atoms with E-state index < -0.39 is 11.7 Å². The number of carbonyl (C=O) groups excluding carboxylic acids is 2. The summed E-state index contributed by atoms with van der Waals surface area (Å²) in [7, 11) is 5.10. The summed E-state index contributed by atoms with van der Waals surface area (Å²) in [5.41, 5.74) is 2.22. The molecule has 0 aliphatic heterocycles. The third-order valence-electron chi connectivity index (χ3n) is 7.06. The van der Waals surface area contributed by atoms with Gasteiger partial charge in [0.1, 0.15) is 17.1 Å². The molecule has 12 nitrogen and oxygen atoms in total. The lowest BCUT2D eigenvalue weighted by Gasteiger charge is -2.30. The maximum absolute atomic E-state index is 12.8. The molecule has 1 N–H and O–H groups in total. The first-order valence-electron chi connectivity index (χ1n) is 13.7. The number of nitrogens with one attached hydrogen (secondary N) is 1. The Labute approximate surface area is 238 Å². The van der Waals surface area contributed by atoms with Crippen molar-refractivity contribution in [1.82, 2.24) is 34.8 Å². The van der Waals surface area contributed by atoms with Crippen molar-refractivity contribution in [3.05, 3.63) is 48.7 Å². The standard InChI is InChI=1S/C29H36N8O4/c1-29(2,3)41-28(39)36(6)24-14-22-21(16-32-24)25(18-15-33-35(5)17-18)34-37(22)19-9-11-20(12-10-19)40-23-8-7-13-31-26(23)27(38)30-4/h7-8,13-17,19-20H,9-12H2,1-6H3,(H,30,38)/t19-,20+. The number of hydrogen-bond acceptors (Lipinski definition) is 8. The third-order valence-corrected chi connectivity index (χ3v) is 7.06. The van der Waals surface area contributed by atoms with Crippen LogP contribution in [0.15, 0.2) is 43.0 Å². The molecule has 0 aromatic carbocycles. The second-order valence-electron chi connectivity index (χ2n) is 11.3. The molecular weight excluding hydrogens is 524 g/mol. The normalized spacial score (nSPS) is 17.3. The van der Waals surface area contributed by atoms with E-state index in [0.717, 1.165) is 47.8 Å². The van der Waals surface area contributed by atoms with Crippen LogP contribution in [-0.2, 0) is 11.8 Å². The molecule has 1 aliphatic rings. The molecule has 1 aliphatic carbocycles. The smallest absolute Gasteiger partial charge is 0.415 e. The molecule has 5 rings (SSSR count). The van der Waals surface area contributed by atoms with Gasteiger partial charge in [0.05, 0.1) is 23.9 Å². The fourth-order valence-corrected chi connectivity index (χ4v) is 5.03. The predicted octanol–water partition coefficient (Wildman–Crippen LogP) is 4.52. The Bertz CT molecular complexity index is 1560. The van der Waals surface area contributed by atoms with E-state index in [1.807, 2.05) is 44.8 Å². The van der Waals surface area contributed by atoms with Crippen LogP contribution >= 0.6 is 0 Å². The van der Waals surface area contributed by atoms with Gasteiger partial charge in [-0.25, -0.2) is 14.8 Å². The molecule has 2 amide bonds. The Kier molecular flexibility index (Phi) is 7.65. The number of anilines is 1. The molecule has 0 bridgehead atoms. The van der Waals surface area contributed by atoms with Crippen molar-refractivity contribution in [2.75, 3.05) is 19.0 Å². The van der Waals surface area contributed by atoms with Gasteiger partial charge in [0, 0.05) is 56.7 Å². The average Bonchev–Trinajstić information content (AvgIpc) is 3.55. The number of hydrogen-bond donors (Lipinski definition) is 1. The van der Waals surface area contributed by atoms with Crippen molar-refractivity contribution in [2.45, 2.75) is 64.2 Å². The summed E-state index contributed by atoms with van der Waals surface area (Å²) in [6, 6.07) is 5.54. The van der Waals surface area contributed by atoms with Crippen LogP contribution in [0.25, 0.3) is 22.2 Å². The highest BCUT2D eigenvalue weighted by Crippen LogP contribution is 2.37. The summed E-state index contributed by atoms with van der Waals surface area (Å²) in [4.78, 5) is 35.2. The summed E-state index contributed by atoms with van der Waals surface area (Å²) in [5.74, 6) is 0.682. The fourth-order valence-electron chi connectivity index (χ4n) is 5.03. The molecule has 0 atom stereocenters. The van der Waals surface area contributed by atoms with Crippen LogP contribution in [-0.4, -0.2) is 67.3 Å². The highest BCUT2D eigenvalue weighted by molar-refractivity contribution is 5.96. The first kappa shape index (κ1) is 28.1. The summed E-state index contributed by atoms with van der Waals surface area (Å²) in [6.45, 7) is 5.50. The summed E-state index contributed by atoms with van der Waals surface area (Å²) in [5, 5.41) is 12.9. The van der Waals surface area contributed by atoms with E-state index in [0.29, 0.717) is 11.6 Å². The van der Waals surface area contributed by atoms with Crippen molar-refractivity contribution in [3.8, 4) is 17.0 Å². The number of ether oxygens (including phenoxy) is 2. The van der Waals surface area contributed by atoms with Gasteiger partial charge in [0.2, 0.25) is 0 Å². The fraction of sp³-hybridized carbons (Fsp3) is 0.448. The quantitative estimate of drug-likeness (QED) is 0.364. The predicted molar refractivity (Wildman–Crippen MR) is 154 cm³/mol. The Balaban J connectivity index is 1.42. The molecule has 41 heavy (non-hydrogen) atoms. The van der Waals surface area contributed by atoms with Gasteiger partial charge in [-0.2, -0.15) is 10.2 Å². The van der Waals surface area contributed by atoms with Crippen LogP contribution in [0.4, 0.5) is 10.6 Å². The topological polar surface area (TPSA) is 129 Å². The van der Waals surface area contributed by atoms with E-state index in [1.54, 1.807) is 49.5 Å². The summed E-state index contributed by atoms with van der Waals surface area (Å²) < 4.78 is 15.6. The Hall–Kier alpha value is -4.48. The van der Waals surface area contributed by atoms with Crippen LogP contribution in [0.1, 0.15) is 63.0 Å². The minimum Gasteiger partial charge on any atom is -0.488 e. The van der Waals surface area contributed by atoms with Gasteiger partial charge in [-0.1, -0.05) is 0 Å². The zero-order valence-electron chi connectivity index (χ0n) is 24.3. The maximum atomic E-state index is 12.8. The van der Waals surface area contributed by atoms with Crippen molar-refractivity contribution in [3.63, 3.8) is 0 Å². The largest absolute Gasteiger partial charge is 0.488 e. The van der Waals surface area contributed by atoms with Gasteiger partial charge < -0.3 is 14.8 Å². The first-order valence-corrected chi connectivity index (χ1v) is 13.7. The van der Waals surface area contributed by atoms with Gasteiger partial charge >= 0.3 is 6.09 Å². The van der Waals surface area contributed by atoms with E-state index >= 15 is 0 Å². The molecule has 4 aromatic rings. The average molecular weight is 561 g/mol. The van der Waals surface area contributed by atoms with Crippen molar-refractivity contribution in [2.24, 2.45) is 7.05 Å². The molecule has 216 valence electrons. The lowest BCUT2D eigenvalue weighted by molar-refractivity contribution is 0.0588. The highest BCUT2D eigenvalue weighted by Gasteiger charge is 2.29. The maximum Gasteiger partial charge on any atom is 0.415 e. The summed E-state index contributed by atoms with van der Waals surface area (Å²) >= 11 is 0. The minimum absolute atomic E-state index is 0.0472. The number of aromatic nitrogens is 6. The molecule has 1 saturated carbocycles. The van der Waals surface area contributed by atoms with Crippen LogP contribution in [0, 0.1) is 0 Å². The number of fused-ring (bicyclic) bond motifs is 1. The van der Waals surface area contributed by atoms with Gasteiger partial charge in [-0.15, -0.1) is 0 Å². The van der Waals surface area contributed by atoms with E-state index in [4.69, 9.17) is 14.6 Å². The van der Waals surface area contributed by atoms with Crippen molar-refractivity contribution < 1.29 is 19.1 Å². The molecule has 4 aromatic heterocycles.